The molecule has 0 atom stereocenters. The fourth-order valence-electron chi connectivity index (χ4n) is 4.21. The van der Waals surface area contributed by atoms with E-state index in [1.807, 2.05) is 54.7 Å². The first-order chi connectivity index (χ1) is 15.2. The molecule has 2 aliphatic carbocycles. The van der Waals surface area contributed by atoms with Crippen LogP contribution >= 0.6 is 0 Å². The van der Waals surface area contributed by atoms with E-state index in [0.717, 1.165) is 11.3 Å². The number of carbonyl (C=O) groups excluding carboxylic acids is 1. The lowest BCUT2D eigenvalue weighted by atomic mass is 10.0. The first-order valence-electron chi connectivity index (χ1n) is 10.9. The molecule has 0 spiro atoms. The number of hydrogen-bond acceptors (Lipinski definition) is 4. The number of nitrogens with zero attached hydrogens (tertiary/aromatic N) is 2. The molecular weight excluding hydrogens is 390 g/mol. The molecule has 0 bridgehead atoms. The van der Waals surface area contributed by atoms with Gasteiger partial charge in [0.25, 0.3) is 5.91 Å². The lowest BCUT2D eigenvalue weighted by Gasteiger charge is -2.17. The van der Waals surface area contributed by atoms with Gasteiger partial charge in [-0.05, 0) is 67.9 Å². The number of rotatable bonds is 8. The summed E-state index contributed by atoms with van der Waals surface area (Å²) >= 11 is 0. The van der Waals surface area contributed by atoms with Gasteiger partial charge >= 0.3 is 0 Å². The maximum absolute atomic E-state index is 13.4. The maximum atomic E-state index is 13.4. The normalized spacial score (nSPS) is 15.7. The van der Waals surface area contributed by atoms with Crippen molar-refractivity contribution >= 4 is 5.91 Å². The van der Waals surface area contributed by atoms with E-state index in [0.29, 0.717) is 34.6 Å². The molecule has 0 aliphatic heterocycles. The minimum Gasteiger partial charge on any atom is -0.493 e. The van der Waals surface area contributed by atoms with E-state index in [-0.39, 0.29) is 11.9 Å². The van der Waals surface area contributed by atoms with Crippen LogP contribution in [-0.2, 0) is 0 Å². The van der Waals surface area contributed by atoms with Gasteiger partial charge in [0, 0.05) is 17.8 Å². The molecule has 6 heteroatoms. The molecule has 0 radical (unpaired) electrons. The summed E-state index contributed by atoms with van der Waals surface area (Å²) in [6, 6.07) is 15.7. The fourth-order valence-corrected chi connectivity index (χ4v) is 4.21. The van der Waals surface area contributed by atoms with Crippen LogP contribution < -0.4 is 14.8 Å². The summed E-state index contributed by atoms with van der Waals surface area (Å²) in [4.78, 5) is 13.4. The van der Waals surface area contributed by atoms with Crippen LogP contribution in [0.3, 0.4) is 0 Å². The van der Waals surface area contributed by atoms with Crippen LogP contribution in [0.25, 0.3) is 16.9 Å². The highest BCUT2D eigenvalue weighted by Crippen LogP contribution is 2.44. The van der Waals surface area contributed by atoms with Gasteiger partial charge in [0.1, 0.15) is 5.69 Å². The smallest absolute Gasteiger partial charge is 0.255 e. The van der Waals surface area contributed by atoms with E-state index < -0.39 is 0 Å². The number of para-hydroxylation sites is 1. The average Bonchev–Trinajstić information content (AvgIpc) is 3.75. The molecule has 1 heterocycles. The SMILES string of the molecule is COc1ccc(-c2nn(-c3ccccc3)cc2C(=O)NC(C2CC2)C2CC2)cc1OC. The largest absolute Gasteiger partial charge is 0.493 e. The zero-order valence-electron chi connectivity index (χ0n) is 17.9. The second kappa shape index (κ2) is 8.10. The van der Waals surface area contributed by atoms with Gasteiger partial charge in [-0.2, -0.15) is 5.10 Å². The van der Waals surface area contributed by atoms with Gasteiger partial charge in [-0.15, -0.1) is 0 Å². The third-order valence-corrected chi connectivity index (χ3v) is 6.19. The Balaban J connectivity index is 1.54. The van der Waals surface area contributed by atoms with Crippen LogP contribution in [0.2, 0.25) is 0 Å². The Bertz CT molecular complexity index is 1070. The topological polar surface area (TPSA) is 65.4 Å². The lowest BCUT2D eigenvalue weighted by molar-refractivity contribution is 0.0927. The summed E-state index contributed by atoms with van der Waals surface area (Å²) in [5.41, 5.74) is 2.92. The summed E-state index contributed by atoms with van der Waals surface area (Å²) in [5, 5.41) is 8.13. The second-order valence-corrected chi connectivity index (χ2v) is 8.42. The summed E-state index contributed by atoms with van der Waals surface area (Å²) in [7, 11) is 3.21. The molecule has 2 aromatic carbocycles. The summed E-state index contributed by atoms with van der Waals surface area (Å²) in [6.07, 6.45) is 6.69. The van der Waals surface area contributed by atoms with Crippen molar-refractivity contribution < 1.29 is 14.3 Å². The quantitative estimate of drug-likeness (QED) is 0.587. The molecule has 1 aromatic heterocycles. The number of methoxy groups -OCH3 is 2. The highest BCUT2D eigenvalue weighted by molar-refractivity contribution is 6.00. The van der Waals surface area contributed by atoms with Crippen LogP contribution in [-0.4, -0.2) is 35.9 Å². The Morgan fingerprint density at radius 3 is 2.29 bits per heavy atom. The molecule has 5 rings (SSSR count). The third-order valence-electron chi connectivity index (χ3n) is 6.19. The number of nitrogens with one attached hydrogen (secondary N) is 1. The van der Waals surface area contributed by atoms with Gasteiger partial charge in [0.15, 0.2) is 11.5 Å². The van der Waals surface area contributed by atoms with Crippen molar-refractivity contribution in [3.05, 3.63) is 60.3 Å². The van der Waals surface area contributed by atoms with Crippen LogP contribution in [0.4, 0.5) is 0 Å². The van der Waals surface area contributed by atoms with Crippen LogP contribution in [0.1, 0.15) is 36.0 Å². The molecule has 0 unspecified atom stereocenters. The van der Waals surface area contributed by atoms with Crippen molar-refractivity contribution in [1.29, 1.82) is 0 Å². The van der Waals surface area contributed by atoms with Gasteiger partial charge in [-0.1, -0.05) is 18.2 Å². The molecule has 2 fully saturated rings. The molecule has 1 amide bonds. The number of aromatic nitrogens is 2. The lowest BCUT2D eigenvalue weighted by Crippen LogP contribution is -2.38. The summed E-state index contributed by atoms with van der Waals surface area (Å²) < 4.78 is 12.6. The van der Waals surface area contributed by atoms with Gasteiger partial charge in [0.05, 0.1) is 25.5 Å². The van der Waals surface area contributed by atoms with E-state index in [1.54, 1.807) is 18.9 Å². The summed E-state index contributed by atoms with van der Waals surface area (Å²) in [6.45, 7) is 0. The van der Waals surface area contributed by atoms with E-state index in [1.165, 1.54) is 25.7 Å². The van der Waals surface area contributed by atoms with Crippen molar-refractivity contribution in [2.75, 3.05) is 14.2 Å². The number of benzene rings is 2. The van der Waals surface area contributed by atoms with Gasteiger partial charge in [-0.3, -0.25) is 4.79 Å². The standard InChI is InChI=1S/C25H27N3O3/c1-30-21-13-12-18(14-22(21)31-2)24-20(15-28(27-24)19-6-4-3-5-7-19)25(29)26-23(16-8-9-16)17-10-11-17/h3-7,12-17,23H,8-11H2,1-2H3,(H,26,29). The van der Waals surface area contributed by atoms with E-state index >= 15 is 0 Å². The molecule has 6 nitrogen and oxygen atoms in total. The predicted molar refractivity (Wildman–Crippen MR) is 119 cm³/mol. The second-order valence-electron chi connectivity index (χ2n) is 8.42. The first-order valence-corrected chi connectivity index (χ1v) is 10.9. The molecule has 31 heavy (non-hydrogen) atoms. The minimum absolute atomic E-state index is 0.0595. The van der Waals surface area contributed by atoms with Crippen molar-refractivity contribution in [2.24, 2.45) is 11.8 Å². The van der Waals surface area contributed by atoms with Crippen molar-refractivity contribution in [1.82, 2.24) is 15.1 Å². The molecule has 0 saturated heterocycles. The molecule has 3 aromatic rings. The number of hydrogen-bond donors (Lipinski definition) is 1. The Labute approximate surface area is 182 Å². The zero-order valence-corrected chi connectivity index (χ0v) is 17.9. The zero-order chi connectivity index (χ0) is 21.4. The van der Waals surface area contributed by atoms with E-state index in [2.05, 4.69) is 5.32 Å². The average molecular weight is 418 g/mol. The number of ether oxygens (including phenoxy) is 2. The summed E-state index contributed by atoms with van der Waals surface area (Å²) in [5.74, 6) is 2.45. The van der Waals surface area contributed by atoms with Gasteiger partial charge < -0.3 is 14.8 Å². The van der Waals surface area contributed by atoms with Crippen LogP contribution in [0.5, 0.6) is 11.5 Å². The van der Waals surface area contributed by atoms with Gasteiger partial charge in [-0.25, -0.2) is 4.68 Å². The van der Waals surface area contributed by atoms with Gasteiger partial charge in [0.2, 0.25) is 0 Å². The highest BCUT2D eigenvalue weighted by Gasteiger charge is 2.42. The highest BCUT2D eigenvalue weighted by atomic mass is 16.5. The number of amides is 1. The molecular formula is C25H27N3O3. The Hall–Kier alpha value is -3.28. The van der Waals surface area contributed by atoms with Crippen molar-refractivity contribution in [2.45, 2.75) is 31.7 Å². The molecule has 2 saturated carbocycles. The van der Waals surface area contributed by atoms with Crippen molar-refractivity contribution in [3.8, 4) is 28.4 Å². The third kappa shape index (κ3) is 4.02. The Morgan fingerprint density at radius 2 is 1.68 bits per heavy atom. The Morgan fingerprint density at radius 1 is 1.00 bits per heavy atom. The predicted octanol–water partition coefficient (Wildman–Crippen LogP) is 4.47. The first kappa shape index (κ1) is 19.7. The molecule has 1 N–H and O–H groups in total. The molecule has 160 valence electrons. The van der Waals surface area contributed by atoms with E-state index in [4.69, 9.17) is 14.6 Å². The fraction of sp³-hybridized carbons (Fsp3) is 0.360. The van der Waals surface area contributed by atoms with Crippen LogP contribution in [0.15, 0.2) is 54.7 Å². The number of carbonyl (C=O) groups is 1. The molecule has 2 aliphatic rings. The van der Waals surface area contributed by atoms with Crippen LogP contribution in [0, 0.1) is 11.8 Å². The van der Waals surface area contributed by atoms with E-state index in [9.17, 15) is 4.79 Å². The monoisotopic (exact) mass is 417 g/mol. The van der Waals surface area contributed by atoms with Crippen molar-refractivity contribution in [3.63, 3.8) is 0 Å². The minimum atomic E-state index is -0.0595. The Kier molecular flexibility index (Phi) is 5.14. The maximum Gasteiger partial charge on any atom is 0.255 e.